The van der Waals surface area contributed by atoms with Crippen LogP contribution in [0, 0.1) is 6.92 Å². The number of amides is 1. The Balaban J connectivity index is 2.18. The molecule has 21 heavy (non-hydrogen) atoms. The Morgan fingerprint density at radius 3 is 2.67 bits per heavy atom. The van der Waals surface area contributed by atoms with E-state index in [1.807, 2.05) is 43.3 Å². The van der Waals surface area contributed by atoms with Crippen LogP contribution < -0.4 is 5.73 Å². The summed E-state index contributed by atoms with van der Waals surface area (Å²) in [5, 5.41) is 0. The zero-order valence-corrected chi connectivity index (χ0v) is 12.5. The van der Waals surface area contributed by atoms with Gasteiger partial charge in [0.25, 0.3) is 0 Å². The summed E-state index contributed by atoms with van der Waals surface area (Å²) in [5.41, 5.74) is 8.90. The minimum atomic E-state index is -0.515. The minimum absolute atomic E-state index is 0.0674. The van der Waals surface area contributed by atoms with E-state index in [1.54, 1.807) is 18.0 Å². The monoisotopic (exact) mass is 283 g/mol. The minimum Gasteiger partial charge on any atom is -0.331 e. The van der Waals surface area contributed by atoms with Crippen LogP contribution in [0.3, 0.4) is 0 Å². The summed E-state index contributed by atoms with van der Waals surface area (Å²) in [7, 11) is 0. The molecule has 2 rings (SSSR count). The van der Waals surface area contributed by atoms with Crippen LogP contribution >= 0.6 is 0 Å². The van der Waals surface area contributed by atoms with Crippen LogP contribution in [0.25, 0.3) is 0 Å². The van der Waals surface area contributed by atoms with Gasteiger partial charge < -0.3 is 10.6 Å². The van der Waals surface area contributed by atoms with Crippen LogP contribution in [0.1, 0.15) is 23.7 Å². The number of benzene rings is 1. The summed E-state index contributed by atoms with van der Waals surface area (Å²) >= 11 is 0. The molecule has 2 aromatic rings. The highest BCUT2D eigenvalue weighted by Crippen LogP contribution is 2.11. The predicted octanol–water partition coefficient (Wildman–Crippen LogP) is 2.27. The van der Waals surface area contributed by atoms with Gasteiger partial charge in [0, 0.05) is 12.7 Å². The van der Waals surface area contributed by atoms with Gasteiger partial charge in [-0.05, 0) is 31.5 Å². The Morgan fingerprint density at radius 1 is 1.24 bits per heavy atom. The highest BCUT2D eigenvalue weighted by Gasteiger charge is 2.18. The third kappa shape index (κ3) is 4.39. The van der Waals surface area contributed by atoms with Gasteiger partial charge in [-0.25, -0.2) is 0 Å². The summed E-state index contributed by atoms with van der Waals surface area (Å²) in [4.78, 5) is 18.3. The predicted molar refractivity (Wildman–Crippen MR) is 83.3 cm³/mol. The zero-order valence-electron chi connectivity index (χ0n) is 12.5. The van der Waals surface area contributed by atoms with Crippen LogP contribution in [0.15, 0.2) is 48.7 Å². The number of rotatable bonds is 5. The number of carbonyl (C=O) groups excluding carboxylic acids is 1. The molecule has 0 unspecified atom stereocenters. The Labute approximate surface area is 125 Å². The maximum absolute atomic E-state index is 12.3. The van der Waals surface area contributed by atoms with Crippen molar-refractivity contribution in [2.24, 2.45) is 5.73 Å². The fourth-order valence-electron chi connectivity index (χ4n) is 2.22. The number of nitrogens with two attached hydrogens (primary N) is 1. The van der Waals surface area contributed by atoms with Crippen LogP contribution in [-0.4, -0.2) is 21.8 Å². The zero-order chi connectivity index (χ0) is 15.2. The molecule has 0 aliphatic rings. The van der Waals surface area contributed by atoms with E-state index in [0.717, 1.165) is 11.3 Å². The fourth-order valence-corrected chi connectivity index (χ4v) is 2.22. The van der Waals surface area contributed by atoms with Gasteiger partial charge in [-0.2, -0.15) is 0 Å². The Hall–Kier alpha value is -2.20. The van der Waals surface area contributed by atoms with E-state index in [2.05, 4.69) is 11.1 Å². The molecule has 1 heterocycles. The quantitative estimate of drug-likeness (QED) is 0.915. The maximum Gasteiger partial charge on any atom is 0.239 e. The van der Waals surface area contributed by atoms with Gasteiger partial charge in [0.15, 0.2) is 0 Å². The van der Waals surface area contributed by atoms with Crippen LogP contribution in [0.4, 0.5) is 0 Å². The van der Waals surface area contributed by atoms with Crippen molar-refractivity contribution < 1.29 is 4.79 Å². The van der Waals surface area contributed by atoms with E-state index >= 15 is 0 Å². The van der Waals surface area contributed by atoms with E-state index < -0.39 is 6.04 Å². The molecule has 0 aliphatic carbocycles. The van der Waals surface area contributed by atoms with Crippen molar-refractivity contribution >= 4 is 5.91 Å². The summed E-state index contributed by atoms with van der Waals surface area (Å²) < 4.78 is 0. The van der Waals surface area contributed by atoms with Gasteiger partial charge >= 0.3 is 0 Å². The number of aryl methyl sites for hydroxylation is 1. The fraction of sp³-hybridized carbons (Fsp3) is 0.294. The molecule has 0 bridgehead atoms. The molecule has 4 nitrogen and oxygen atoms in total. The topological polar surface area (TPSA) is 59.2 Å². The van der Waals surface area contributed by atoms with Gasteiger partial charge in [0.05, 0.1) is 18.3 Å². The lowest BCUT2D eigenvalue weighted by Crippen LogP contribution is -2.41. The molecular weight excluding hydrogens is 262 g/mol. The molecule has 0 radical (unpaired) electrons. The lowest BCUT2D eigenvalue weighted by atomic mass is 10.1. The largest absolute Gasteiger partial charge is 0.331 e. The number of pyridine rings is 1. The highest BCUT2D eigenvalue weighted by molar-refractivity contribution is 5.81. The molecule has 0 spiro atoms. The lowest BCUT2D eigenvalue weighted by Gasteiger charge is -2.24. The first-order valence-corrected chi connectivity index (χ1v) is 7.06. The molecule has 1 aromatic carbocycles. The van der Waals surface area contributed by atoms with Gasteiger partial charge in [0.1, 0.15) is 0 Å². The number of hydrogen-bond acceptors (Lipinski definition) is 3. The molecule has 1 amide bonds. The average molecular weight is 283 g/mol. The Bertz CT molecular complexity index is 596. The smallest absolute Gasteiger partial charge is 0.239 e. The van der Waals surface area contributed by atoms with E-state index in [1.165, 1.54) is 5.56 Å². The van der Waals surface area contributed by atoms with Crippen molar-refractivity contribution in [2.45, 2.75) is 33.0 Å². The van der Waals surface area contributed by atoms with Crippen LogP contribution in [-0.2, 0) is 17.9 Å². The Morgan fingerprint density at radius 2 is 2.05 bits per heavy atom. The average Bonchev–Trinajstić information content (AvgIpc) is 2.47. The summed E-state index contributed by atoms with van der Waals surface area (Å²) in [6.45, 7) is 4.76. The number of hydrogen-bond donors (Lipinski definition) is 1. The first kappa shape index (κ1) is 15.2. The first-order chi connectivity index (χ1) is 10.1. The second-order valence-electron chi connectivity index (χ2n) is 5.29. The molecule has 2 N–H and O–H groups in total. The summed E-state index contributed by atoms with van der Waals surface area (Å²) in [6.07, 6.45) is 1.73. The van der Waals surface area contributed by atoms with E-state index in [-0.39, 0.29) is 5.91 Å². The van der Waals surface area contributed by atoms with Gasteiger partial charge in [-0.15, -0.1) is 0 Å². The number of aromatic nitrogens is 1. The third-order valence-corrected chi connectivity index (χ3v) is 3.24. The summed E-state index contributed by atoms with van der Waals surface area (Å²) in [6, 6.07) is 13.3. The third-order valence-electron chi connectivity index (χ3n) is 3.24. The van der Waals surface area contributed by atoms with Crippen LogP contribution in [0.5, 0.6) is 0 Å². The standard InChI is InChI=1S/C17H21N3O/c1-13-6-5-7-15(10-13)11-20(17(21)14(2)18)12-16-8-3-4-9-19-16/h3-10,14H,11-12,18H2,1-2H3/t14-/m1/s1. The molecule has 1 aromatic heterocycles. The number of nitrogens with zero attached hydrogens (tertiary/aromatic N) is 2. The number of carbonyl (C=O) groups is 1. The van der Waals surface area contributed by atoms with Crippen molar-refractivity contribution in [1.82, 2.24) is 9.88 Å². The molecule has 0 fully saturated rings. The normalized spacial score (nSPS) is 12.0. The molecule has 4 heteroatoms. The maximum atomic E-state index is 12.3. The Kier molecular flexibility index (Phi) is 5.06. The van der Waals surface area contributed by atoms with E-state index in [9.17, 15) is 4.79 Å². The van der Waals surface area contributed by atoms with E-state index in [4.69, 9.17) is 5.73 Å². The molecular formula is C17H21N3O. The summed E-state index contributed by atoms with van der Waals surface area (Å²) in [5.74, 6) is -0.0674. The second kappa shape index (κ2) is 6.99. The van der Waals surface area contributed by atoms with Crippen molar-refractivity contribution in [3.05, 3.63) is 65.5 Å². The van der Waals surface area contributed by atoms with Gasteiger partial charge in [-0.3, -0.25) is 9.78 Å². The van der Waals surface area contributed by atoms with Crippen LogP contribution in [0.2, 0.25) is 0 Å². The van der Waals surface area contributed by atoms with Gasteiger partial charge in [0.2, 0.25) is 5.91 Å². The lowest BCUT2D eigenvalue weighted by molar-refractivity contribution is -0.133. The molecule has 0 saturated heterocycles. The van der Waals surface area contributed by atoms with Crippen molar-refractivity contribution in [2.75, 3.05) is 0 Å². The molecule has 1 atom stereocenters. The second-order valence-corrected chi connectivity index (χ2v) is 5.29. The van der Waals surface area contributed by atoms with Crippen molar-refractivity contribution in [1.29, 1.82) is 0 Å². The highest BCUT2D eigenvalue weighted by atomic mass is 16.2. The van der Waals surface area contributed by atoms with Crippen molar-refractivity contribution in [3.8, 4) is 0 Å². The molecule has 0 saturated carbocycles. The SMILES string of the molecule is Cc1cccc(CN(Cc2ccccn2)C(=O)[C@@H](C)N)c1. The first-order valence-electron chi connectivity index (χ1n) is 7.06. The van der Waals surface area contributed by atoms with Crippen molar-refractivity contribution in [3.63, 3.8) is 0 Å². The molecule has 0 aliphatic heterocycles. The van der Waals surface area contributed by atoms with E-state index in [0.29, 0.717) is 13.1 Å². The molecule has 110 valence electrons. The van der Waals surface area contributed by atoms with Gasteiger partial charge in [-0.1, -0.05) is 35.9 Å².